The summed E-state index contributed by atoms with van der Waals surface area (Å²) in [5.74, 6) is 0.961. The molecule has 1 aliphatic heterocycles. The van der Waals surface area contributed by atoms with E-state index in [4.69, 9.17) is 9.26 Å². The average molecular weight is 438 g/mol. The van der Waals surface area contributed by atoms with Crippen LogP contribution >= 0.6 is 0 Å². The number of anilines is 2. The molecule has 0 saturated heterocycles. The van der Waals surface area contributed by atoms with E-state index in [0.717, 1.165) is 11.1 Å². The van der Waals surface area contributed by atoms with Crippen molar-refractivity contribution in [2.75, 3.05) is 16.3 Å². The van der Waals surface area contributed by atoms with Gasteiger partial charge in [0.25, 0.3) is 0 Å². The van der Waals surface area contributed by atoms with E-state index < -0.39 is 6.09 Å². The maximum atomic E-state index is 12.8. The van der Waals surface area contributed by atoms with Gasteiger partial charge < -0.3 is 14.2 Å². The van der Waals surface area contributed by atoms with Crippen LogP contribution in [-0.2, 0) is 16.1 Å². The highest BCUT2D eigenvalue weighted by molar-refractivity contribution is 6.03. The highest BCUT2D eigenvalue weighted by Gasteiger charge is 2.34. The molecular formula is C22H26N6O4. The van der Waals surface area contributed by atoms with Gasteiger partial charge in [0.15, 0.2) is 5.82 Å². The number of ether oxygens (including phenoxy) is 1. The van der Waals surface area contributed by atoms with E-state index in [1.54, 1.807) is 27.6 Å². The van der Waals surface area contributed by atoms with Gasteiger partial charge in [0.2, 0.25) is 11.8 Å². The number of benzene rings is 1. The third kappa shape index (κ3) is 4.20. The molecule has 0 bridgehead atoms. The van der Waals surface area contributed by atoms with Crippen molar-refractivity contribution in [3.8, 4) is 11.1 Å². The molecule has 0 aliphatic carbocycles. The zero-order chi connectivity index (χ0) is 23.0. The van der Waals surface area contributed by atoms with E-state index in [9.17, 15) is 9.59 Å². The number of carbonyl (C=O) groups is 2. The summed E-state index contributed by atoms with van der Waals surface area (Å²) in [7, 11) is 0. The van der Waals surface area contributed by atoms with Crippen LogP contribution in [0.25, 0.3) is 11.1 Å². The molecule has 1 aromatic carbocycles. The van der Waals surface area contributed by atoms with Gasteiger partial charge in [0.1, 0.15) is 6.54 Å². The Balaban J connectivity index is 1.69. The van der Waals surface area contributed by atoms with Gasteiger partial charge in [0.05, 0.1) is 29.7 Å². The molecule has 1 unspecified atom stereocenters. The molecule has 4 rings (SSSR count). The molecule has 0 spiro atoms. The maximum absolute atomic E-state index is 12.8. The van der Waals surface area contributed by atoms with Crippen LogP contribution in [0.1, 0.15) is 39.4 Å². The predicted molar refractivity (Wildman–Crippen MR) is 117 cm³/mol. The molecule has 10 heteroatoms. The van der Waals surface area contributed by atoms with Crippen molar-refractivity contribution in [3.63, 3.8) is 0 Å². The van der Waals surface area contributed by atoms with E-state index in [1.807, 2.05) is 45.2 Å². The van der Waals surface area contributed by atoms with E-state index in [2.05, 4.69) is 15.2 Å². The SMILES string of the molecule is CC(=O)N1c2ccc(-c3cnn(Cc4noc(C)n4)c3)cc2N(C(=O)OC(C)C)CC1C. The lowest BCUT2D eigenvalue weighted by atomic mass is 10.0. The monoisotopic (exact) mass is 438 g/mol. The summed E-state index contributed by atoms with van der Waals surface area (Å²) in [6.45, 7) is 9.52. The van der Waals surface area contributed by atoms with Crippen molar-refractivity contribution in [1.82, 2.24) is 19.9 Å². The van der Waals surface area contributed by atoms with E-state index in [0.29, 0.717) is 36.2 Å². The zero-order valence-corrected chi connectivity index (χ0v) is 18.8. The number of aromatic nitrogens is 4. The molecule has 0 N–H and O–H groups in total. The normalized spacial score (nSPS) is 15.8. The highest BCUT2D eigenvalue weighted by Crippen LogP contribution is 2.39. The topological polar surface area (TPSA) is 107 Å². The van der Waals surface area contributed by atoms with Crippen molar-refractivity contribution in [2.24, 2.45) is 0 Å². The molecule has 2 amide bonds. The fraction of sp³-hybridized carbons (Fsp3) is 0.409. The van der Waals surface area contributed by atoms with Crippen molar-refractivity contribution >= 4 is 23.4 Å². The minimum absolute atomic E-state index is 0.0772. The van der Waals surface area contributed by atoms with Crippen molar-refractivity contribution in [3.05, 3.63) is 42.3 Å². The summed E-state index contributed by atoms with van der Waals surface area (Å²) in [6, 6.07) is 5.49. The molecule has 0 radical (unpaired) electrons. The summed E-state index contributed by atoms with van der Waals surface area (Å²) >= 11 is 0. The molecule has 1 atom stereocenters. The first-order valence-corrected chi connectivity index (χ1v) is 10.5. The molecule has 1 aliphatic rings. The second kappa shape index (κ2) is 8.45. The first-order chi connectivity index (χ1) is 15.2. The van der Waals surface area contributed by atoms with Gasteiger partial charge in [-0.2, -0.15) is 10.1 Å². The zero-order valence-electron chi connectivity index (χ0n) is 18.8. The number of fused-ring (bicyclic) bond motifs is 1. The van der Waals surface area contributed by atoms with E-state index >= 15 is 0 Å². The Kier molecular flexibility index (Phi) is 5.68. The predicted octanol–water partition coefficient (Wildman–Crippen LogP) is 3.40. The van der Waals surface area contributed by atoms with E-state index in [1.165, 1.54) is 6.92 Å². The summed E-state index contributed by atoms with van der Waals surface area (Å²) in [4.78, 5) is 32.6. The number of nitrogens with zero attached hydrogens (tertiary/aromatic N) is 6. The van der Waals surface area contributed by atoms with Crippen LogP contribution in [0.5, 0.6) is 0 Å². The lowest BCUT2D eigenvalue weighted by molar-refractivity contribution is -0.117. The molecule has 0 fully saturated rings. The maximum Gasteiger partial charge on any atom is 0.414 e. The van der Waals surface area contributed by atoms with Crippen LogP contribution in [0.2, 0.25) is 0 Å². The second-order valence-electron chi connectivity index (χ2n) is 8.14. The first kappa shape index (κ1) is 21.5. The third-order valence-corrected chi connectivity index (χ3v) is 5.15. The van der Waals surface area contributed by atoms with Crippen LogP contribution in [0.15, 0.2) is 35.1 Å². The van der Waals surface area contributed by atoms with Crippen LogP contribution in [-0.4, -0.2) is 50.6 Å². The van der Waals surface area contributed by atoms with Crippen molar-refractivity contribution in [1.29, 1.82) is 0 Å². The summed E-state index contributed by atoms with van der Waals surface area (Å²) < 4.78 is 12.2. The molecule has 10 nitrogen and oxygen atoms in total. The van der Waals surface area contributed by atoms with Crippen LogP contribution in [0, 0.1) is 6.92 Å². The molecule has 2 aromatic heterocycles. The number of hydrogen-bond donors (Lipinski definition) is 0. The largest absolute Gasteiger partial charge is 0.446 e. The van der Waals surface area contributed by atoms with Gasteiger partial charge in [-0.1, -0.05) is 11.2 Å². The Morgan fingerprint density at radius 3 is 2.69 bits per heavy atom. The van der Waals surface area contributed by atoms with Crippen LogP contribution in [0.3, 0.4) is 0 Å². The number of aryl methyl sites for hydroxylation is 1. The first-order valence-electron chi connectivity index (χ1n) is 10.5. The van der Waals surface area contributed by atoms with Gasteiger partial charge in [0, 0.05) is 32.2 Å². The smallest absolute Gasteiger partial charge is 0.414 e. The molecule has 168 valence electrons. The van der Waals surface area contributed by atoms with Crippen molar-refractivity contribution in [2.45, 2.75) is 53.3 Å². The Morgan fingerprint density at radius 1 is 1.25 bits per heavy atom. The quantitative estimate of drug-likeness (QED) is 0.614. The highest BCUT2D eigenvalue weighted by atomic mass is 16.6. The molecular weight excluding hydrogens is 412 g/mol. The van der Waals surface area contributed by atoms with Gasteiger partial charge in [-0.25, -0.2) is 4.79 Å². The number of hydrogen-bond acceptors (Lipinski definition) is 7. The van der Waals surface area contributed by atoms with E-state index in [-0.39, 0.29) is 18.1 Å². The average Bonchev–Trinajstić information content (AvgIpc) is 3.35. The Labute approximate surface area is 185 Å². The summed E-state index contributed by atoms with van der Waals surface area (Å²) in [5.41, 5.74) is 3.02. The molecule has 3 heterocycles. The minimum atomic E-state index is -0.434. The summed E-state index contributed by atoms with van der Waals surface area (Å²) in [6.07, 6.45) is 2.93. The van der Waals surface area contributed by atoms with Crippen LogP contribution in [0.4, 0.5) is 16.2 Å². The van der Waals surface area contributed by atoms with Gasteiger partial charge in [-0.15, -0.1) is 0 Å². The third-order valence-electron chi connectivity index (χ3n) is 5.15. The van der Waals surface area contributed by atoms with Gasteiger partial charge in [-0.05, 0) is 38.5 Å². The lowest BCUT2D eigenvalue weighted by Gasteiger charge is -2.40. The van der Waals surface area contributed by atoms with Crippen molar-refractivity contribution < 1.29 is 18.8 Å². The van der Waals surface area contributed by atoms with Crippen LogP contribution < -0.4 is 9.80 Å². The Bertz CT molecular complexity index is 1150. The standard InChI is InChI=1S/C22H26N6O4/c1-13(2)31-22(30)27-10-14(3)28(16(5)29)19-7-6-17(8-20(19)27)18-9-23-26(11-18)12-21-24-15(4)32-25-21/h6-9,11,13-14H,10,12H2,1-5H3. The fourth-order valence-corrected chi connectivity index (χ4v) is 3.87. The van der Waals surface area contributed by atoms with Gasteiger partial charge >= 0.3 is 6.09 Å². The lowest BCUT2D eigenvalue weighted by Crippen LogP contribution is -2.51. The Hall–Kier alpha value is -3.69. The number of rotatable bonds is 4. The molecule has 32 heavy (non-hydrogen) atoms. The minimum Gasteiger partial charge on any atom is -0.446 e. The number of amides is 2. The second-order valence-corrected chi connectivity index (χ2v) is 8.14. The summed E-state index contributed by atoms with van der Waals surface area (Å²) in [5, 5.41) is 8.28. The molecule has 3 aromatic rings. The Morgan fingerprint density at radius 2 is 2.03 bits per heavy atom. The number of carbonyl (C=O) groups excluding carboxylic acids is 2. The fourth-order valence-electron chi connectivity index (χ4n) is 3.87. The van der Waals surface area contributed by atoms with Gasteiger partial charge in [-0.3, -0.25) is 14.4 Å². The molecule has 0 saturated carbocycles.